The van der Waals surface area contributed by atoms with Crippen molar-refractivity contribution >= 4 is 23.6 Å². The highest BCUT2D eigenvalue weighted by atomic mass is 16.5. The zero-order chi connectivity index (χ0) is 24.9. The summed E-state index contributed by atoms with van der Waals surface area (Å²) in [4.78, 5) is 31.9. The van der Waals surface area contributed by atoms with Gasteiger partial charge in [0, 0.05) is 11.8 Å². The molecule has 3 aromatic carbocycles. The molecule has 5 rings (SSSR count). The first-order valence-electron chi connectivity index (χ1n) is 11.7. The van der Waals surface area contributed by atoms with Gasteiger partial charge in [-0.25, -0.2) is 0 Å². The van der Waals surface area contributed by atoms with Crippen LogP contribution in [0.1, 0.15) is 32.7 Å². The number of carbonyl (C=O) groups excluding carboxylic acids is 2. The molecular formula is C30H25N3O3. The van der Waals surface area contributed by atoms with Gasteiger partial charge in [0.05, 0.1) is 24.5 Å². The number of aryl methyl sites for hydroxylation is 1. The molecule has 1 aliphatic heterocycles. The highest BCUT2D eigenvalue weighted by Gasteiger charge is 2.30. The number of para-hydroxylation sites is 2. The third kappa shape index (κ3) is 5.18. The molecule has 1 N–H and O–H groups in total. The van der Waals surface area contributed by atoms with Crippen LogP contribution in [0.4, 0.5) is 5.69 Å². The van der Waals surface area contributed by atoms with Crippen LogP contribution in [0.25, 0.3) is 6.08 Å². The fourth-order valence-electron chi connectivity index (χ4n) is 4.07. The lowest BCUT2D eigenvalue weighted by Gasteiger charge is -2.30. The summed E-state index contributed by atoms with van der Waals surface area (Å²) >= 11 is 0. The van der Waals surface area contributed by atoms with E-state index in [1.54, 1.807) is 41.4 Å². The number of pyridine rings is 1. The number of amides is 2. The molecule has 0 bridgehead atoms. The van der Waals surface area contributed by atoms with Crippen LogP contribution in [0.3, 0.4) is 0 Å². The van der Waals surface area contributed by atoms with Crippen LogP contribution in [0.5, 0.6) is 5.75 Å². The molecule has 0 fully saturated rings. The molecule has 1 aliphatic rings. The van der Waals surface area contributed by atoms with Crippen LogP contribution < -0.4 is 15.0 Å². The highest BCUT2D eigenvalue weighted by molar-refractivity contribution is 6.09. The van der Waals surface area contributed by atoms with E-state index < -0.39 is 0 Å². The van der Waals surface area contributed by atoms with Gasteiger partial charge in [-0.15, -0.1) is 0 Å². The predicted molar refractivity (Wildman–Crippen MR) is 139 cm³/mol. The molecule has 0 spiro atoms. The number of carbonyl (C=O) groups is 2. The maximum absolute atomic E-state index is 13.4. The fourth-order valence-corrected chi connectivity index (χ4v) is 4.07. The Labute approximate surface area is 209 Å². The van der Waals surface area contributed by atoms with Gasteiger partial charge in [0.25, 0.3) is 11.8 Å². The Morgan fingerprint density at radius 3 is 2.56 bits per heavy atom. The second kappa shape index (κ2) is 10.3. The molecule has 0 saturated heterocycles. The summed E-state index contributed by atoms with van der Waals surface area (Å²) in [7, 11) is 0. The van der Waals surface area contributed by atoms with Crippen molar-refractivity contribution in [2.75, 3.05) is 4.90 Å². The molecule has 1 aromatic heterocycles. The van der Waals surface area contributed by atoms with E-state index in [9.17, 15) is 9.59 Å². The van der Waals surface area contributed by atoms with E-state index >= 15 is 0 Å². The Hall–Kier alpha value is -4.71. The van der Waals surface area contributed by atoms with Crippen molar-refractivity contribution in [2.45, 2.75) is 20.0 Å². The van der Waals surface area contributed by atoms with Crippen molar-refractivity contribution < 1.29 is 14.3 Å². The SMILES string of the molecule is Cc1cccc(CN2C(=O)C(=Cc3ccc(C(=O)NCc4ccccn4)cc3)Oc3ccccc32)c1. The molecule has 178 valence electrons. The summed E-state index contributed by atoms with van der Waals surface area (Å²) in [5.74, 6) is 0.450. The largest absolute Gasteiger partial charge is 0.449 e. The van der Waals surface area contributed by atoms with Gasteiger partial charge in [-0.05, 0) is 60.5 Å². The van der Waals surface area contributed by atoms with E-state index in [1.165, 1.54) is 0 Å². The number of hydrogen-bond donors (Lipinski definition) is 1. The van der Waals surface area contributed by atoms with Gasteiger partial charge in [-0.3, -0.25) is 19.5 Å². The third-order valence-electron chi connectivity index (χ3n) is 5.88. The molecule has 6 heteroatoms. The lowest BCUT2D eigenvalue weighted by Crippen LogP contribution is -2.36. The molecule has 2 amide bonds. The zero-order valence-corrected chi connectivity index (χ0v) is 19.8. The Morgan fingerprint density at radius 2 is 1.78 bits per heavy atom. The summed E-state index contributed by atoms with van der Waals surface area (Å²) < 4.78 is 5.99. The van der Waals surface area contributed by atoms with Crippen molar-refractivity contribution in [3.63, 3.8) is 0 Å². The van der Waals surface area contributed by atoms with E-state index in [0.29, 0.717) is 24.4 Å². The van der Waals surface area contributed by atoms with Crippen LogP contribution in [0.15, 0.2) is 103 Å². The lowest BCUT2D eigenvalue weighted by atomic mass is 10.1. The Balaban J connectivity index is 1.34. The number of nitrogens with zero attached hydrogens (tertiary/aromatic N) is 2. The molecular weight excluding hydrogens is 450 g/mol. The summed E-state index contributed by atoms with van der Waals surface area (Å²) in [5.41, 5.74) is 4.99. The molecule has 4 aromatic rings. The number of benzene rings is 3. The van der Waals surface area contributed by atoms with Crippen LogP contribution >= 0.6 is 0 Å². The Kier molecular flexibility index (Phi) is 6.58. The van der Waals surface area contributed by atoms with E-state index in [2.05, 4.69) is 16.4 Å². The van der Waals surface area contributed by atoms with Gasteiger partial charge < -0.3 is 10.1 Å². The van der Waals surface area contributed by atoms with E-state index in [1.807, 2.05) is 67.6 Å². The number of hydrogen-bond acceptors (Lipinski definition) is 4. The van der Waals surface area contributed by atoms with Crippen LogP contribution in [0.2, 0.25) is 0 Å². The van der Waals surface area contributed by atoms with E-state index in [4.69, 9.17) is 4.74 Å². The normalized spacial score (nSPS) is 13.8. The smallest absolute Gasteiger partial charge is 0.294 e. The van der Waals surface area contributed by atoms with Crippen molar-refractivity contribution in [3.05, 3.63) is 131 Å². The second-order valence-corrected chi connectivity index (χ2v) is 8.58. The lowest BCUT2D eigenvalue weighted by molar-refractivity contribution is -0.117. The highest BCUT2D eigenvalue weighted by Crippen LogP contribution is 2.36. The second-order valence-electron chi connectivity index (χ2n) is 8.58. The first-order valence-corrected chi connectivity index (χ1v) is 11.7. The van der Waals surface area contributed by atoms with Gasteiger partial charge in [0.15, 0.2) is 11.5 Å². The minimum Gasteiger partial charge on any atom is -0.449 e. The topological polar surface area (TPSA) is 71.5 Å². The Morgan fingerprint density at radius 1 is 0.972 bits per heavy atom. The monoisotopic (exact) mass is 475 g/mol. The molecule has 36 heavy (non-hydrogen) atoms. The zero-order valence-electron chi connectivity index (χ0n) is 19.8. The van der Waals surface area contributed by atoms with Crippen molar-refractivity contribution in [2.24, 2.45) is 0 Å². The maximum atomic E-state index is 13.4. The van der Waals surface area contributed by atoms with Gasteiger partial charge in [0.1, 0.15) is 0 Å². The maximum Gasteiger partial charge on any atom is 0.294 e. The number of aromatic nitrogens is 1. The van der Waals surface area contributed by atoms with Gasteiger partial charge in [-0.1, -0.05) is 60.2 Å². The quantitative estimate of drug-likeness (QED) is 0.385. The summed E-state index contributed by atoms with van der Waals surface area (Å²) in [6.45, 7) is 2.82. The summed E-state index contributed by atoms with van der Waals surface area (Å²) in [6.07, 6.45) is 3.40. The van der Waals surface area contributed by atoms with Crippen molar-refractivity contribution in [1.82, 2.24) is 10.3 Å². The third-order valence-corrected chi connectivity index (χ3v) is 5.88. The average Bonchev–Trinajstić information content (AvgIpc) is 2.91. The minimum atomic E-state index is -0.215. The van der Waals surface area contributed by atoms with Crippen LogP contribution in [0, 0.1) is 6.92 Å². The minimum absolute atomic E-state index is 0.192. The molecule has 0 unspecified atom stereocenters. The molecule has 0 saturated carbocycles. The fraction of sp³-hybridized carbons (Fsp3) is 0.100. The average molecular weight is 476 g/mol. The first kappa shape index (κ1) is 23.1. The number of fused-ring (bicyclic) bond motifs is 1. The Bertz CT molecular complexity index is 1430. The van der Waals surface area contributed by atoms with Crippen molar-refractivity contribution in [1.29, 1.82) is 0 Å². The van der Waals surface area contributed by atoms with Gasteiger partial charge >= 0.3 is 0 Å². The van der Waals surface area contributed by atoms with Crippen LogP contribution in [-0.2, 0) is 17.9 Å². The molecule has 0 atom stereocenters. The molecule has 6 nitrogen and oxygen atoms in total. The van der Waals surface area contributed by atoms with Crippen molar-refractivity contribution in [3.8, 4) is 5.75 Å². The molecule has 2 heterocycles. The number of rotatable bonds is 6. The predicted octanol–water partition coefficient (Wildman–Crippen LogP) is 5.29. The van der Waals surface area contributed by atoms with E-state index in [-0.39, 0.29) is 17.6 Å². The number of ether oxygens (including phenoxy) is 1. The van der Waals surface area contributed by atoms with Gasteiger partial charge in [-0.2, -0.15) is 0 Å². The van der Waals surface area contributed by atoms with Gasteiger partial charge in [0.2, 0.25) is 0 Å². The summed E-state index contributed by atoms with van der Waals surface area (Å²) in [6, 6.07) is 28.3. The standard InChI is InChI=1S/C30H25N3O3/c1-21-7-6-8-23(17-21)20-33-26-10-2-3-11-27(26)36-28(30(33)35)18-22-12-14-24(15-13-22)29(34)32-19-25-9-4-5-16-31-25/h2-18H,19-20H2,1H3,(H,32,34). The molecule has 0 radical (unpaired) electrons. The molecule has 0 aliphatic carbocycles. The number of anilines is 1. The summed E-state index contributed by atoms with van der Waals surface area (Å²) in [5, 5.41) is 2.86. The van der Waals surface area contributed by atoms with E-state index in [0.717, 1.165) is 28.1 Å². The first-order chi connectivity index (χ1) is 17.6. The van der Waals surface area contributed by atoms with Crippen LogP contribution in [-0.4, -0.2) is 16.8 Å². The number of nitrogens with one attached hydrogen (secondary N) is 1.